The number of para-hydroxylation sites is 1. The number of fused-ring (bicyclic) bond motifs is 1. The van der Waals surface area contributed by atoms with Gasteiger partial charge < -0.3 is 10.4 Å². The first-order chi connectivity index (χ1) is 9.75. The van der Waals surface area contributed by atoms with Crippen LogP contribution in [0.2, 0.25) is 0 Å². The molecule has 2 unspecified atom stereocenters. The lowest BCUT2D eigenvalue weighted by atomic mass is 10.1. The van der Waals surface area contributed by atoms with Crippen molar-refractivity contribution < 1.29 is 9.90 Å². The normalized spacial score (nSPS) is 22.1. The van der Waals surface area contributed by atoms with Gasteiger partial charge in [-0.3, -0.25) is 9.78 Å². The van der Waals surface area contributed by atoms with Crippen molar-refractivity contribution in [1.29, 1.82) is 0 Å². The first kappa shape index (κ1) is 13.1. The second-order valence-corrected chi connectivity index (χ2v) is 5.34. The summed E-state index contributed by atoms with van der Waals surface area (Å²) in [7, 11) is 0. The highest BCUT2D eigenvalue weighted by Gasteiger charge is 2.25. The number of rotatable bonds is 3. The Morgan fingerprint density at radius 1 is 1.30 bits per heavy atom. The minimum Gasteiger partial charge on any atom is -0.393 e. The van der Waals surface area contributed by atoms with E-state index in [9.17, 15) is 9.90 Å². The highest BCUT2D eigenvalue weighted by atomic mass is 16.3. The van der Waals surface area contributed by atoms with Crippen molar-refractivity contribution in [2.24, 2.45) is 5.92 Å². The van der Waals surface area contributed by atoms with E-state index in [-0.39, 0.29) is 17.9 Å². The SMILES string of the molecule is O=C(NCC1CCCC1O)c1ccnc2ccccc12. The Morgan fingerprint density at radius 2 is 2.15 bits per heavy atom. The average molecular weight is 270 g/mol. The zero-order chi connectivity index (χ0) is 13.9. The third-order valence-electron chi connectivity index (χ3n) is 4.04. The summed E-state index contributed by atoms with van der Waals surface area (Å²) < 4.78 is 0. The number of hydrogen-bond donors (Lipinski definition) is 2. The summed E-state index contributed by atoms with van der Waals surface area (Å²) in [6.45, 7) is 0.538. The van der Waals surface area contributed by atoms with Gasteiger partial charge in [-0.1, -0.05) is 24.6 Å². The van der Waals surface area contributed by atoms with Gasteiger partial charge in [0.25, 0.3) is 5.91 Å². The van der Waals surface area contributed by atoms with Crippen LogP contribution in [0.1, 0.15) is 29.6 Å². The molecule has 0 saturated heterocycles. The van der Waals surface area contributed by atoms with Crippen LogP contribution < -0.4 is 5.32 Å². The molecule has 2 N–H and O–H groups in total. The third kappa shape index (κ3) is 2.51. The molecule has 0 aliphatic heterocycles. The van der Waals surface area contributed by atoms with Crippen molar-refractivity contribution in [1.82, 2.24) is 10.3 Å². The van der Waals surface area contributed by atoms with E-state index in [1.165, 1.54) is 0 Å². The number of aliphatic hydroxyl groups excluding tert-OH is 1. The molecule has 0 bridgehead atoms. The van der Waals surface area contributed by atoms with Crippen molar-refractivity contribution in [3.63, 3.8) is 0 Å². The molecular formula is C16H18N2O2. The van der Waals surface area contributed by atoms with Gasteiger partial charge in [0.1, 0.15) is 0 Å². The zero-order valence-electron chi connectivity index (χ0n) is 11.2. The standard InChI is InChI=1S/C16H18N2O2/c19-15-7-3-4-11(15)10-18-16(20)13-8-9-17-14-6-2-1-5-12(13)14/h1-2,5-6,8-9,11,15,19H,3-4,7,10H2,(H,18,20). The van der Waals surface area contributed by atoms with E-state index in [4.69, 9.17) is 0 Å². The summed E-state index contributed by atoms with van der Waals surface area (Å²) in [4.78, 5) is 16.6. The predicted molar refractivity (Wildman–Crippen MR) is 77.4 cm³/mol. The topological polar surface area (TPSA) is 62.2 Å². The van der Waals surface area contributed by atoms with Crippen molar-refractivity contribution in [2.75, 3.05) is 6.54 Å². The molecule has 4 heteroatoms. The number of hydrogen-bond acceptors (Lipinski definition) is 3. The predicted octanol–water partition coefficient (Wildman–Crippen LogP) is 2.13. The van der Waals surface area contributed by atoms with Gasteiger partial charge in [-0.05, 0) is 25.0 Å². The van der Waals surface area contributed by atoms with Crippen molar-refractivity contribution in [3.05, 3.63) is 42.1 Å². The maximum Gasteiger partial charge on any atom is 0.252 e. The monoisotopic (exact) mass is 270 g/mol. The fourth-order valence-corrected chi connectivity index (χ4v) is 2.87. The first-order valence-electron chi connectivity index (χ1n) is 7.06. The zero-order valence-corrected chi connectivity index (χ0v) is 11.2. The summed E-state index contributed by atoms with van der Waals surface area (Å²) in [5.74, 6) is 0.0924. The highest BCUT2D eigenvalue weighted by Crippen LogP contribution is 2.25. The highest BCUT2D eigenvalue weighted by molar-refractivity contribution is 6.05. The van der Waals surface area contributed by atoms with Crippen LogP contribution in [0.15, 0.2) is 36.5 Å². The van der Waals surface area contributed by atoms with E-state index in [1.54, 1.807) is 12.3 Å². The van der Waals surface area contributed by atoms with Crippen molar-refractivity contribution >= 4 is 16.8 Å². The molecule has 104 valence electrons. The maximum absolute atomic E-state index is 12.3. The Morgan fingerprint density at radius 3 is 2.95 bits per heavy atom. The van der Waals surface area contributed by atoms with E-state index in [0.717, 1.165) is 30.2 Å². The van der Waals surface area contributed by atoms with Crippen LogP contribution in [0, 0.1) is 5.92 Å². The first-order valence-corrected chi connectivity index (χ1v) is 7.06. The largest absolute Gasteiger partial charge is 0.393 e. The number of carbonyl (C=O) groups is 1. The number of amides is 1. The number of aliphatic hydroxyl groups is 1. The van der Waals surface area contributed by atoms with Crippen LogP contribution in [-0.4, -0.2) is 28.6 Å². The van der Waals surface area contributed by atoms with Gasteiger partial charge in [-0.2, -0.15) is 0 Å². The quantitative estimate of drug-likeness (QED) is 0.898. The lowest BCUT2D eigenvalue weighted by molar-refractivity contribution is 0.0918. The average Bonchev–Trinajstić information content (AvgIpc) is 2.89. The summed E-state index contributed by atoms with van der Waals surface area (Å²) >= 11 is 0. The van der Waals surface area contributed by atoms with Crippen LogP contribution in [0.5, 0.6) is 0 Å². The lowest BCUT2D eigenvalue weighted by Gasteiger charge is -2.15. The Kier molecular flexibility index (Phi) is 3.65. The molecule has 1 aliphatic carbocycles. The van der Waals surface area contributed by atoms with E-state index >= 15 is 0 Å². The molecule has 2 atom stereocenters. The van der Waals surface area contributed by atoms with E-state index in [0.29, 0.717) is 12.1 Å². The number of carbonyl (C=O) groups excluding carboxylic acids is 1. The van der Waals surface area contributed by atoms with Gasteiger partial charge in [0, 0.05) is 24.0 Å². The van der Waals surface area contributed by atoms with Gasteiger partial charge >= 0.3 is 0 Å². The molecule has 1 aromatic carbocycles. The van der Waals surface area contributed by atoms with Crippen LogP contribution in [0.3, 0.4) is 0 Å². The molecule has 0 radical (unpaired) electrons. The number of pyridine rings is 1. The Hall–Kier alpha value is -1.94. The van der Waals surface area contributed by atoms with Gasteiger partial charge in [0.05, 0.1) is 17.2 Å². The molecule has 4 nitrogen and oxygen atoms in total. The van der Waals surface area contributed by atoms with Gasteiger partial charge in [0.15, 0.2) is 0 Å². The molecule has 1 aromatic heterocycles. The van der Waals surface area contributed by atoms with E-state index in [1.807, 2.05) is 24.3 Å². The van der Waals surface area contributed by atoms with Gasteiger partial charge in [-0.25, -0.2) is 0 Å². The Balaban J connectivity index is 1.75. The van der Waals surface area contributed by atoms with Crippen LogP contribution >= 0.6 is 0 Å². The number of aromatic nitrogens is 1. The molecule has 20 heavy (non-hydrogen) atoms. The molecule has 1 fully saturated rings. The summed E-state index contributed by atoms with van der Waals surface area (Å²) in [5, 5.41) is 13.6. The second-order valence-electron chi connectivity index (χ2n) is 5.34. The molecular weight excluding hydrogens is 252 g/mol. The Labute approximate surface area is 117 Å². The van der Waals surface area contributed by atoms with Crippen molar-refractivity contribution in [3.8, 4) is 0 Å². The molecule has 3 rings (SSSR count). The third-order valence-corrected chi connectivity index (χ3v) is 4.04. The smallest absolute Gasteiger partial charge is 0.252 e. The summed E-state index contributed by atoms with van der Waals surface area (Å²) in [5.41, 5.74) is 1.46. The molecule has 1 saturated carbocycles. The van der Waals surface area contributed by atoms with Crippen molar-refractivity contribution in [2.45, 2.75) is 25.4 Å². The maximum atomic E-state index is 12.3. The molecule has 2 aromatic rings. The number of nitrogens with zero attached hydrogens (tertiary/aromatic N) is 1. The molecule has 1 heterocycles. The minimum atomic E-state index is -0.274. The van der Waals surface area contributed by atoms with Crippen LogP contribution in [0.25, 0.3) is 10.9 Å². The van der Waals surface area contributed by atoms with E-state index < -0.39 is 0 Å². The minimum absolute atomic E-state index is 0.0947. The fraction of sp³-hybridized carbons (Fsp3) is 0.375. The molecule has 1 aliphatic rings. The van der Waals surface area contributed by atoms with Gasteiger partial charge in [-0.15, -0.1) is 0 Å². The fourth-order valence-electron chi connectivity index (χ4n) is 2.87. The molecule has 0 spiro atoms. The molecule has 1 amide bonds. The van der Waals surface area contributed by atoms with Gasteiger partial charge in [0.2, 0.25) is 0 Å². The second kappa shape index (κ2) is 5.59. The Bertz CT molecular complexity index is 621. The lowest BCUT2D eigenvalue weighted by Crippen LogP contribution is -2.32. The van der Waals surface area contributed by atoms with Crippen LogP contribution in [-0.2, 0) is 0 Å². The number of benzene rings is 1. The summed E-state index contributed by atoms with van der Waals surface area (Å²) in [6, 6.07) is 9.35. The summed E-state index contributed by atoms with van der Waals surface area (Å²) in [6.07, 6.45) is 4.25. The number of nitrogens with one attached hydrogen (secondary N) is 1. The van der Waals surface area contributed by atoms with E-state index in [2.05, 4.69) is 10.3 Å². The van der Waals surface area contributed by atoms with Crippen LogP contribution in [0.4, 0.5) is 0 Å².